The molecule has 1 heterocycles. The molecule has 1 aliphatic heterocycles. The summed E-state index contributed by atoms with van der Waals surface area (Å²) in [7, 11) is 4.86. The molecule has 0 atom stereocenters. The molecule has 0 saturated heterocycles. The molecule has 0 unspecified atom stereocenters. The van der Waals surface area contributed by atoms with Gasteiger partial charge in [-0.1, -0.05) is 12.1 Å². The Morgan fingerprint density at radius 3 is 2.31 bits per heavy atom. The molecule has 136 valence electrons. The molecule has 2 aromatic carbocycles. The number of ether oxygens (including phenoxy) is 3. The molecule has 0 N–H and O–H groups in total. The minimum Gasteiger partial charge on any atom is -0.497 e. The van der Waals surface area contributed by atoms with E-state index in [1.807, 2.05) is 36.4 Å². The first-order valence-corrected chi connectivity index (χ1v) is 8.57. The van der Waals surface area contributed by atoms with Gasteiger partial charge < -0.3 is 14.2 Å². The van der Waals surface area contributed by atoms with Crippen molar-refractivity contribution < 1.29 is 19.0 Å². The summed E-state index contributed by atoms with van der Waals surface area (Å²) in [5, 5.41) is 0. The van der Waals surface area contributed by atoms with E-state index in [2.05, 4.69) is 4.99 Å². The third kappa shape index (κ3) is 3.87. The number of benzene rings is 2. The van der Waals surface area contributed by atoms with Gasteiger partial charge in [0.05, 0.1) is 21.3 Å². The Morgan fingerprint density at radius 2 is 1.65 bits per heavy atom. The molecule has 0 saturated carbocycles. The van der Waals surface area contributed by atoms with Crippen molar-refractivity contribution in [2.24, 2.45) is 4.99 Å². The number of fused-ring (bicyclic) bond motifs is 1. The van der Waals surface area contributed by atoms with Gasteiger partial charge in [-0.05, 0) is 41.8 Å². The molecule has 3 rings (SSSR count). The molecule has 0 bridgehead atoms. The summed E-state index contributed by atoms with van der Waals surface area (Å²) in [6.45, 7) is 0.688. The fourth-order valence-electron chi connectivity index (χ4n) is 3.16. The van der Waals surface area contributed by atoms with Gasteiger partial charge >= 0.3 is 0 Å². The average molecular weight is 353 g/mol. The summed E-state index contributed by atoms with van der Waals surface area (Å²) in [5.74, 6) is 2.28. The van der Waals surface area contributed by atoms with E-state index in [0.29, 0.717) is 30.9 Å². The van der Waals surface area contributed by atoms with E-state index in [9.17, 15) is 4.79 Å². The molecule has 0 radical (unpaired) electrons. The summed E-state index contributed by atoms with van der Waals surface area (Å²) in [6, 6.07) is 11.5. The first-order valence-electron chi connectivity index (χ1n) is 8.57. The third-order valence-corrected chi connectivity index (χ3v) is 4.53. The molecule has 26 heavy (non-hydrogen) atoms. The van der Waals surface area contributed by atoms with Crippen LogP contribution in [0.2, 0.25) is 0 Å². The van der Waals surface area contributed by atoms with E-state index in [1.54, 1.807) is 21.3 Å². The number of rotatable bonds is 7. The Kier molecular flexibility index (Phi) is 5.56. The minimum absolute atomic E-state index is 0.136. The van der Waals surface area contributed by atoms with Crippen LogP contribution >= 0.6 is 0 Å². The van der Waals surface area contributed by atoms with Crippen molar-refractivity contribution >= 4 is 11.5 Å². The molecule has 0 spiro atoms. The molecule has 5 nitrogen and oxygen atoms in total. The van der Waals surface area contributed by atoms with Gasteiger partial charge in [0.25, 0.3) is 0 Å². The lowest BCUT2D eigenvalue weighted by atomic mass is 9.93. The first-order chi connectivity index (χ1) is 12.6. The van der Waals surface area contributed by atoms with E-state index < -0.39 is 0 Å². The summed E-state index contributed by atoms with van der Waals surface area (Å²) in [6.07, 6.45) is 1.53. The van der Waals surface area contributed by atoms with Crippen LogP contribution in [0.5, 0.6) is 17.2 Å². The zero-order valence-electron chi connectivity index (χ0n) is 15.4. The Hall–Kier alpha value is -2.82. The molecule has 0 fully saturated rings. The van der Waals surface area contributed by atoms with Crippen molar-refractivity contribution in [2.75, 3.05) is 27.9 Å². The highest BCUT2D eigenvalue weighted by Gasteiger charge is 2.20. The van der Waals surface area contributed by atoms with Crippen LogP contribution in [0.4, 0.5) is 0 Å². The van der Waals surface area contributed by atoms with Crippen molar-refractivity contribution in [1.82, 2.24) is 0 Å². The van der Waals surface area contributed by atoms with Crippen LogP contribution < -0.4 is 14.2 Å². The van der Waals surface area contributed by atoms with Gasteiger partial charge in [0, 0.05) is 30.7 Å². The van der Waals surface area contributed by atoms with E-state index in [1.165, 1.54) is 0 Å². The monoisotopic (exact) mass is 353 g/mol. The maximum Gasteiger partial charge on any atom is 0.161 e. The zero-order chi connectivity index (χ0) is 18.5. The second kappa shape index (κ2) is 8.04. The predicted octanol–water partition coefficient (Wildman–Crippen LogP) is 3.26. The van der Waals surface area contributed by atoms with Crippen LogP contribution in [0.1, 0.15) is 23.1 Å². The Labute approximate surface area is 153 Å². The van der Waals surface area contributed by atoms with Gasteiger partial charge in [0.1, 0.15) is 11.5 Å². The quantitative estimate of drug-likeness (QED) is 0.767. The van der Waals surface area contributed by atoms with Gasteiger partial charge in [0.15, 0.2) is 11.5 Å². The van der Waals surface area contributed by atoms with Gasteiger partial charge in [-0.25, -0.2) is 0 Å². The van der Waals surface area contributed by atoms with Crippen molar-refractivity contribution in [3.05, 3.63) is 53.1 Å². The lowest BCUT2D eigenvalue weighted by Crippen LogP contribution is -2.18. The number of nitrogens with zero attached hydrogens (tertiary/aromatic N) is 1. The number of aliphatic imine (C=N–C) groups is 1. The molecular formula is C21H23NO4. The lowest BCUT2D eigenvalue weighted by Gasteiger charge is -2.19. The smallest absolute Gasteiger partial charge is 0.161 e. The van der Waals surface area contributed by atoms with Crippen LogP contribution in [0.15, 0.2) is 41.4 Å². The minimum atomic E-state index is 0.136. The van der Waals surface area contributed by atoms with Gasteiger partial charge in [-0.15, -0.1) is 0 Å². The van der Waals surface area contributed by atoms with Crippen LogP contribution in [0.3, 0.4) is 0 Å². The lowest BCUT2D eigenvalue weighted by molar-refractivity contribution is -0.117. The zero-order valence-corrected chi connectivity index (χ0v) is 15.4. The average Bonchev–Trinajstić information content (AvgIpc) is 2.67. The normalized spacial score (nSPS) is 12.8. The van der Waals surface area contributed by atoms with Crippen LogP contribution in [0.25, 0.3) is 0 Å². The largest absolute Gasteiger partial charge is 0.497 e. The highest BCUT2D eigenvalue weighted by Crippen LogP contribution is 2.33. The number of methoxy groups -OCH3 is 3. The summed E-state index contributed by atoms with van der Waals surface area (Å²) >= 11 is 0. The molecule has 0 aromatic heterocycles. The van der Waals surface area contributed by atoms with Gasteiger partial charge in [-0.2, -0.15) is 0 Å². The highest BCUT2D eigenvalue weighted by atomic mass is 16.5. The fraction of sp³-hybridized carbons (Fsp3) is 0.333. The first kappa shape index (κ1) is 18.0. The number of ketones is 1. The van der Waals surface area contributed by atoms with E-state index in [0.717, 1.165) is 34.6 Å². The Morgan fingerprint density at radius 1 is 0.962 bits per heavy atom. The molecular weight excluding hydrogens is 330 g/mol. The van der Waals surface area contributed by atoms with Crippen LogP contribution in [0, 0.1) is 0 Å². The summed E-state index contributed by atoms with van der Waals surface area (Å²) in [5.41, 5.74) is 3.92. The molecule has 2 aromatic rings. The number of Topliss-reactive ketones (excluding diaryl/α,β-unsaturated/α-hetero) is 1. The van der Waals surface area contributed by atoms with E-state index >= 15 is 0 Å². The maximum atomic E-state index is 12.6. The number of carbonyl (C=O) groups excluding carboxylic acids is 1. The second-order valence-electron chi connectivity index (χ2n) is 6.18. The molecule has 0 amide bonds. The van der Waals surface area contributed by atoms with Crippen molar-refractivity contribution in [3.8, 4) is 17.2 Å². The Balaban J connectivity index is 1.76. The maximum absolute atomic E-state index is 12.6. The number of hydrogen-bond donors (Lipinski definition) is 0. The van der Waals surface area contributed by atoms with Crippen molar-refractivity contribution in [2.45, 2.75) is 19.3 Å². The number of hydrogen-bond acceptors (Lipinski definition) is 5. The van der Waals surface area contributed by atoms with Crippen LogP contribution in [-0.2, 0) is 17.6 Å². The molecule has 0 aliphatic carbocycles. The van der Waals surface area contributed by atoms with Crippen molar-refractivity contribution in [3.63, 3.8) is 0 Å². The summed E-state index contributed by atoms with van der Waals surface area (Å²) in [4.78, 5) is 17.1. The summed E-state index contributed by atoms with van der Waals surface area (Å²) < 4.78 is 15.9. The molecule has 1 aliphatic rings. The standard InChI is InChI=1S/C21H23NO4/c1-24-17-6-4-14(5-7-17)10-16(23)12-19-18-13-21(26-3)20(25-2)11-15(18)8-9-22-19/h4-7,11,13H,8-10,12H2,1-3H3. The van der Waals surface area contributed by atoms with Gasteiger partial charge in [0.2, 0.25) is 0 Å². The van der Waals surface area contributed by atoms with E-state index in [4.69, 9.17) is 14.2 Å². The fourth-order valence-corrected chi connectivity index (χ4v) is 3.16. The van der Waals surface area contributed by atoms with E-state index in [-0.39, 0.29) is 5.78 Å². The Bertz CT molecular complexity index is 825. The predicted molar refractivity (Wildman–Crippen MR) is 101 cm³/mol. The topological polar surface area (TPSA) is 57.1 Å². The molecule has 5 heteroatoms. The highest BCUT2D eigenvalue weighted by molar-refractivity contribution is 6.12. The third-order valence-electron chi connectivity index (χ3n) is 4.53. The SMILES string of the molecule is COc1ccc(CC(=O)CC2=NCCc3cc(OC)c(OC)cc32)cc1. The second-order valence-corrected chi connectivity index (χ2v) is 6.18. The van der Waals surface area contributed by atoms with Crippen LogP contribution in [-0.4, -0.2) is 39.4 Å². The van der Waals surface area contributed by atoms with Crippen molar-refractivity contribution in [1.29, 1.82) is 0 Å². The van der Waals surface area contributed by atoms with Gasteiger partial charge in [-0.3, -0.25) is 9.79 Å². The number of carbonyl (C=O) groups is 1.